The van der Waals surface area contributed by atoms with Crippen molar-refractivity contribution in [1.82, 2.24) is 4.90 Å². The van der Waals surface area contributed by atoms with Crippen LogP contribution in [0.5, 0.6) is 0 Å². The van der Waals surface area contributed by atoms with Crippen LogP contribution in [0.4, 0.5) is 0 Å². The Morgan fingerprint density at radius 3 is 2.79 bits per heavy atom. The minimum absolute atomic E-state index is 0.0434. The summed E-state index contributed by atoms with van der Waals surface area (Å²) >= 11 is 11.0. The van der Waals surface area contributed by atoms with Crippen LogP contribution >= 0.6 is 23.2 Å². The van der Waals surface area contributed by atoms with Gasteiger partial charge >= 0.3 is 5.97 Å². The highest BCUT2D eigenvalue weighted by Crippen LogP contribution is 2.20. The van der Waals surface area contributed by atoms with Crippen molar-refractivity contribution in [2.45, 2.75) is 6.42 Å². The molecule has 6 heteroatoms. The molecule has 1 fully saturated rings. The summed E-state index contributed by atoms with van der Waals surface area (Å²) in [6.07, 6.45) is 0.0434. The van der Waals surface area contributed by atoms with E-state index < -0.39 is 11.9 Å². The van der Waals surface area contributed by atoms with Crippen molar-refractivity contribution in [3.63, 3.8) is 0 Å². The number of halogens is 2. The van der Waals surface area contributed by atoms with E-state index in [1.165, 1.54) is 10.4 Å². The van der Waals surface area contributed by atoms with Gasteiger partial charge in [0, 0.05) is 23.5 Å². The first-order valence-corrected chi connectivity index (χ1v) is 4.81. The van der Waals surface area contributed by atoms with E-state index in [0.29, 0.717) is 5.03 Å². The van der Waals surface area contributed by atoms with Crippen LogP contribution in [0.1, 0.15) is 6.42 Å². The van der Waals surface area contributed by atoms with Crippen molar-refractivity contribution in [1.29, 1.82) is 0 Å². The van der Waals surface area contributed by atoms with Crippen LogP contribution in [0.2, 0.25) is 0 Å². The zero-order valence-corrected chi connectivity index (χ0v) is 8.75. The van der Waals surface area contributed by atoms with E-state index in [1.54, 1.807) is 0 Å². The highest BCUT2D eigenvalue weighted by Gasteiger charge is 2.34. The maximum Gasteiger partial charge on any atom is 0.308 e. The monoisotopic (exact) mass is 237 g/mol. The van der Waals surface area contributed by atoms with Crippen LogP contribution < -0.4 is 0 Å². The van der Waals surface area contributed by atoms with Crippen molar-refractivity contribution in [2.24, 2.45) is 5.92 Å². The highest BCUT2D eigenvalue weighted by molar-refractivity contribution is 6.36. The highest BCUT2D eigenvalue weighted by atomic mass is 35.5. The maximum absolute atomic E-state index is 11.3. The smallest absolute Gasteiger partial charge is 0.308 e. The number of aliphatic carboxylic acids is 1. The molecule has 1 atom stereocenters. The van der Waals surface area contributed by atoms with E-state index in [9.17, 15) is 9.59 Å². The van der Waals surface area contributed by atoms with Crippen LogP contribution in [0, 0.1) is 5.92 Å². The van der Waals surface area contributed by atoms with Gasteiger partial charge in [-0.2, -0.15) is 0 Å². The van der Waals surface area contributed by atoms with Gasteiger partial charge in [0.05, 0.1) is 12.5 Å². The summed E-state index contributed by atoms with van der Waals surface area (Å²) in [4.78, 5) is 23.3. The molecule has 1 aliphatic heterocycles. The topological polar surface area (TPSA) is 57.6 Å². The second-order valence-corrected chi connectivity index (χ2v) is 3.77. The summed E-state index contributed by atoms with van der Waals surface area (Å²) in [7, 11) is 0. The van der Waals surface area contributed by atoms with Gasteiger partial charge < -0.3 is 10.0 Å². The lowest BCUT2D eigenvalue weighted by Crippen LogP contribution is -2.27. The summed E-state index contributed by atoms with van der Waals surface area (Å²) < 4.78 is 0. The molecule has 78 valence electrons. The van der Waals surface area contributed by atoms with Crippen molar-refractivity contribution in [2.75, 3.05) is 13.1 Å². The van der Waals surface area contributed by atoms with Gasteiger partial charge in [0.1, 0.15) is 0 Å². The van der Waals surface area contributed by atoms with E-state index in [-0.39, 0.29) is 25.4 Å². The molecule has 1 amide bonds. The third-order valence-electron chi connectivity index (χ3n) is 2.02. The van der Waals surface area contributed by atoms with Crippen molar-refractivity contribution < 1.29 is 14.7 Å². The zero-order valence-electron chi connectivity index (χ0n) is 7.24. The second kappa shape index (κ2) is 4.66. The molecular formula is C8H9Cl2NO3. The van der Waals surface area contributed by atoms with Gasteiger partial charge in [-0.15, -0.1) is 0 Å². The van der Waals surface area contributed by atoms with Crippen LogP contribution in [0.3, 0.4) is 0 Å². The number of carbonyl (C=O) groups is 2. The molecule has 0 spiro atoms. The number of hydrogen-bond donors (Lipinski definition) is 1. The average Bonchev–Trinajstić information content (AvgIpc) is 2.48. The number of hydrogen-bond acceptors (Lipinski definition) is 2. The van der Waals surface area contributed by atoms with E-state index in [1.807, 2.05) is 0 Å². The molecule has 0 aromatic carbocycles. The lowest BCUT2D eigenvalue weighted by Gasteiger charge is -2.14. The van der Waals surface area contributed by atoms with Gasteiger partial charge in [0.2, 0.25) is 5.91 Å². The van der Waals surface area contributed by atoms with E-state index >= 15 is 0 Å². The predicted octanol–water partition coefficient (Wildman–Crippen LogP) is 1.24. The first-order valence-electron chi connectivity index (χ1n) is 4.00. The first-order chi connectivity index (χ1) is 6.54. The fraction of sp³-hybridized carbons (Fsp3) is 0.500. The molecule has 1 aliphatic rings. The number of likely N-dealkylation sites (tertiary alicyclic amines) is 1. The molecule has 1 heterocycles. The second-order valence-electron chi connectivity index (χ2n) is 3.07. The molecule has 0 radical (unpaired) electrons. The molecule has 14 heavy (non-hydrogen) atoms. The van der Waals surface area contributed by atoms with Gasteiger partial charge in [-0.25, -0.2) is 0 Å². The molecule has 1 N–H and O–H groups in total. The van der Waals surface area contributed by atoms with E-state index in [2.05, 4.69) is 0 Å². The lowest BCUT2D eigenvalue weighted by molar-refractivity contribution is -0.141. The van der Waals surface area contributed by atoms with Crippen molar-refractivity contribution in [3.8, 4) is 0 Å². The van der Waals surface area contributed by atoms with Crippen molar-refractivity contribution >= 4 is 35.1 Å². The lowest BCUT2D eigenvalue weighted by atomic mass is 10.1. The Morgan fingerprint density at radius 2 is 2.36 bits per heavy atom. The quantitative estimate of drug-likeness (QED) is 0.804. The molecule has 0 aromatic heterocycles. The largest absolute Gasteiger partial charge is 0.481 e. The summed E-state index contributed by atoms with van der Waals surface area (Å²) in [6.45, 7) is 0.392. The molecule has 0 saturated carbocycles. The molecule has 1 unspecified atom stereocenters. The molecular weight excluding hydrogens is 229 g/mol. The number of rotatable bonds is 3. The normalized spacial score (nSPS) is 23.0. The zero-order chi connectivity index (χ0) is 10.7. The Hall–Kier alpha value is -0.740. The van der Waals surface area contributed by atoms with Gasteiger partial charge in [-0.05, 0) is 0 Å². The van der Waals surface area contributed by atoms with E-state index in [4.69, 9.17) is 28.3 Å². The summed E-state index contributed by atoms with van der Waals surface area (Å²) in [6, 6.07) is 0. The van der Waals surface area contributed by atoms with Crippen LogP contribution in [0.25, 0.3) is 0 Å². The maximum atomic E-state index is 11.3. The van der Waals surface area contributed by atoms with Gasteiger partial charge in [-0.1, -0.05) is 23.2 Å². The third kappa shape index (κ3) is 2.62. The minimum Gasteiger partial charge on any atom is -0.481 e. The van der Waals surface area contributed by atoms with Crippen molar-refractivity contribution in [3.05, 3.63) is 10.6 Å². The molecule has 0 aromatic rings. The summed E-state index contributed by atoms with van der Waals surface area (Å²) in [5.41, 5.74) is 1.17. The minimum atomic E-state index is -0.952. The number of carbonyl (C=O) groups excluding carboxylic acids is 1. The average molecular weight is 238 g/mol. The summed E-state index contributed by atoms with van der Waals surface area (Å²) in [5, 5.41) is 9.01. The van der Waals surface area contributed by atoms with E-state index in [0.717, 1.165) is 0 Å². The Morgan fingerprint density at radius 1 is 1.71 bits per heavy atom. The fourth-order valence-electron chi connectivity index (χ4n) is 1.31. The Labute approximate surface area is 91.1 Å². The van der Waals surface area contributed by atoms with Gasteiger partial charge in [0.25, 0.3) is 0 Å². The van der Waals surface area contributed by atoms with Crippen LogP contribution in [-0.2, 0) is 9.59 Å². The van der Waals surface area contributed by atoms with Crippen LogP contribution in [-0.4, -0.2) is 35.0 Å². The molecule has 0 aliphatic carbocycles. The third-order valence-corrected chi connectivity index (χ3v) is 2.63. The fourth-order valence-corrected chi connectivity index (χ4v) is 1.52. The van der Waals surface area contributed by atoms with Gasteiger partial charge in [0.15, 0.2) is 0 Å². The Kier molecular flexibility index (Phi) is 3.77. The first kappa shape index (κ1) is 11.3. The Bertz CT molecular complexity index is 290. The standard InChI is InChI=1S/C8H9Cl2NO3/c9-2-6(10)4-11-3-5(8(13)14)1-7(11)12/h2,5H,1,3-4H2,(H,13,14). The Balaban J connectivity index is 2.57. The van der Waals surface area contributed by atoms with Crippen LogP contribution in [0.15, 0.2) is 10.6 Å². The SMILES string of the molecule is O=C(O)C1CC(=O)N(CC(Cl)=CCl)C1. The molecule has 1 rings (SSSR count). The molecule has 4 nitrogen and oxygen atoms in total. The summed E-state index contributed by atoms with van der Waals surface area (Å²) in [5.74, 6) is -1.77. The molecule has 1 saturated heterocycles. The predicted molar refractivity (Wildman–Crippen MR) is 52.1 cm³/mol. The number of nitrogens with zero attached hydrogens (tertiary/aromatic N) is 1. The number of carboxylic acids is 1. The molecule has 0 bridgehead atoms. The van der Waals surface area contributed by atoms with Gasteiger partial charge in [-0.3, -0.25) is 9.59 Å². The number of amides is 1. The number of carboxylic acid groups (broad SMARTS) is 1.